The molecule has 0 heterocycles. The van der Waals surface area contributed by atoms with E-state index in [2.05, 4.69) is 5.32 Å². The second kappa shape index (κ2) is 8.79. The van der Waals surface area contributed by atoms with Crippen LogP contribution in [-0.2, 0) is 6.18 Å². The fourth-order valence-corrected chi connectivity index (χ4v) is 1.85. The van der Waals surface area contributed by atoms with Crippen molar-refractivity contribution in [3.8, 4) is 5.75 Å². The lowest BCUT2D eigenvalue weighted by Gasteiger charge is -2.20. The molecule has 2 aromatic carbocycles. The van der Waals surface area contributed by atoms with Crippen LogP contribution in [0.3, 0.4) is 0 Å². The molecule has 0 aromatic heterocycles. The summed E-state index contributed by atoms with van der Waals surface area (Å²) in [5.41, 5.74) is -0.861. The highest BCUT2D eigenvalue weighted by Gasteiger charge is 2.30. The van der Waals surface area contributed by atoms with Gasteiger partial charge in [0.1, 0.15) is 11.9 Å². The Morgan fingerprint density at radius 1 is 1.13 bits per heavy atom. The average molecular weight is 351 g/mol. The monoisotopic (exact) mass is 350 g/mol. The van der Waals surface area contributed by atoms with Crippen LogP contribution in [0, 0.1) is 0 Å². The van der Waals surface area contributed by atoms with Crippen LogP contribution in [-0.4, -0.2) is 13.6 Å². The molecular weight excluding hydrogens is 327 g/mol. The molecule has 0 aliphatic carbocycles. The van der Waals surface area contributed by atoms with Crippen LogP contribution in [0.15, 0.2) is 54.5 Å². The number of halogens is 4. The second-order valence-electron chi connectivity index (χ2n) is 4.56. The van der Waals surface area contributed by atoms with Crippen LogP contribution >= 0.6 is 12.4 Å². The Hall–Kier alpha value is -1.72. The number of hydrogen-bond donors (Lipinski definition) is 1. The summed E-state index contributed by atoms with van der Waals surface area (Å²) in [6, 6.07) is 1.74. The van der Waals surface area contributed by atoms with Crippen LogP contribution < -0.4 is 10.1 Å². The molecule has 0 radical (unpaired) electrons. The number of alkyl halides is 3. The van der Waals surface area contributed by atoms with Gasteiger partial charge in [0.15, 0.2) is 0 Å². The van der Waals surface area contributed by atoms with Crippen LogP contribution in [0.2, 0.25) is 0 Å². The zero-order valence-electron chi connectivity index (χ0n) is 17.3. The summed E-state index contributed by atoms with van der Waals surface area (Å²) < 4.78 is 83.1. The lowest BCUT2D eigenvalue weighted by molar-refractivity contribution is -0.137. The molecule has 1 atom stereocenters. The van der Waals surface area contributed by atoms with E-state index in [4.69, 9.17) is 11.6 Å². The van der Waals surface area contributed by atoms with Crippen molar-refractivity contribution >= 4 is 12.4 Å². The third-order valence-corrected chi connectivity index (χ3v) is 2.96. The zero-order chi connectivity index (χ0) is 20.4. The minimum Gasteiger partial charge on any atom is -0.486 e. The van der Waals surface area contributed by atoms with Crippen LogP contribution in [0.5, 0.6) is 5.75 Å². The van der Waals surface area contributed by atoms with Gasteiger partial charge in [-0.15, -0.1) is 12.4 Å². The quantitative estimate of drug-likeness (QED) is 0.803. The van der Waals surface area contributed by atoms with Gasteiger partial charge in [-0.2, -0.15) is 13.2 Å². The van der Waals surface area contributed by atoms with Crippen molar-refractivity contribution in [3.63, 3.8) is 0 Å². The molecule has 0 saturated carbocycles. The molecule has 2 aromatic rings. The highest BCUT2D eigenvalue weighted by molar-refractivity contribution is 5.85. The molecule has 0 saturated heterocycles. The number of rotatable bonds is 6. The molecule has 0 spiro atoms. The summed E-state index contributed by atoms with van der Waals surface area (Å²) in [7, 11) is 1.68. The second-order valence-corrected chi connectivity index (χ2v) is 4.56. The lowest BCUT2D eigenvalue weighted by atomic mass is 10.1. The van der Waals surface area contributed by atoms with Crippen molar-refractivity contribution in [2.75, 3.05) is 13.6 Å². The van der Waals surface area contributed by atoms with Crippen molar-refractivity contribution in [3.05, 3.63) is 65.6 Å². The maximum atomic E-state index is 12.7. The SMILES string of the molecule is Cl.[2H]c1c([2H])c([2H])c(C(CCNC)Oc2ccc(C(F)(F)F)cc2)c([2H])c1[2H]. The third-order valence-electron chi connectivity index (χ3n) is 2.96. The Morgan fingerprint density at radius 3 is 2.26 bits per heavy atom. The van der Waals surface area contributed by atoms with Crippen molar-refractivity contribution in [1.82, 2.24) is 5.32 Å². The largest absolute Gasteiger partial charge is 0.486 e. The van der Waals surface area contributed by atoms with E-state index in [1.807, 2.05) is 0 Å². The van der Waals surface area contributed by atoms with Gasteiger partial charge in [0.05, 0.1) is 12.4 Å². The molecule has 0 aliphatic rings. The molecule has 0 aliphatic heterocycles. The van der Waals surface area contributed by atoms with Gasteiger partial charge in [-0.25, -0.2) is 0 Å². The van der Waals surface area contributed by atoms with E-state index >= 15 is 0 Å². The van der Waals surface area contributed by atoms with Crippen molar-refractivity contribution in [2.45, 2.75) is 18.7 Å². The topological polar surface area (TPSA) is 21.3 Å². The van der Waals surface area contributed by atoms with Crippen molar-refractivity contribution < 1.29 is 24.8 Å². The Bertz CT molecular complexity index is 789. The minimum absolute atomic E-state index is 0. The summed E-state index contributed by atoms with van der Waals surface area (Å²) in [4.78, 5) is 0. The summed E-state index contributed by atoms with van der Waals surface area (Å²) in [5.74, 6) is 0.107. The van der Waals surface area contributed by atoms with Gasteiger partial charge >= 0.3 is 6.18 Å². The first-order valence-corrected chi connectivity index (χ1v) is 6.63. The Kier molecular flexibility index (Phi) is 4.84. The molecule has 6 heteroatoms. The Balaban J connectivity index is 0.00000392. The van der Waals surface area contributed by atoms with E-state index in [-0.39, 0.29) is 30.1 Å². The maximum Gasteiger partial charge on any atom is 0.416 e. The first-order valence-electron chi connectivity index (χ1n) is 9.13. The molecule has 2 rings (SSSR count). The fourth-order valence-electron chi connectivity index (χ4n) is 1.85. The summed E-state index contributed by atoms with van der Waals surface area (Å²) in [6.07, 6.45) is -5.15. The molecule has 0 fully saturated rings. The van der Waals surface area contributed by atoms with Crippen LogP contribution in [0.25, 0.3) is 0 Å². The smallest absolute Gasteiger partial charge is 0.416 e. The van der Waals surface area contributed by atoms with Crippen LogP contribution in [0.4, 0.5) is 13.2 Å². The van der Waals surface area contributed by atoms with E-state index in [1.165, 1.54) is 0 Å². The molecule has 126 valence electrons. The standard InChI is InChI=1S/C17H18F3NO.ClH/c1-21-12-11-16(13-5-3-2-4-6-13)22-15-9-7-14(8-10-15)17(18,19)20;/h2-10,16,21H,11-12H2,1H3;1H/i2D,3D,4D,5D,6D;. The Morgan fingerprint density at radius 2 is 1.74 bits per heavy atom. The van der Waals surface area contributed by atoms with Gasteiger partial charge in [0.2, 0.25) is 0 Å². The van der Waals surface area contributed by atoms with E-state index in [1.54, 1.807) is 7.05 Å². The molecule has 1 unspecified atom stereocenters. The van der Waals surface area contributed by atoms with Crippen molar-refractivity contribution in [2.24, 2.45) is 0 Å². The lowest BCUT2D eigenvalue weighted by Crippen LogP contribution is -2.16. The van der Waals surface area contributed by atoms with Gasteiger partial charge in [0, 0.05) is 6.42 Å². The fraction of sp³-hybridized carbons (Fsp3) is 0.294. The summed E-state index contributed by atoms with van der Waals surface area (Å²) in [6.45, 7) is 0.410. The maximum absolute atomic E-state index is 12.7. The molecule has 23 heavy (non-hydrogen) atoms. The van der Waals surface area contributed by atoms with Gasteiger partial charge in [-0.1, -0.05) is 30.2 Å². The van der Waals surface area contributed by atoms with Gasteiger partial charge in [-0.05, 0) is 43.4 Å². The van der Waals surface area contributed by atoms with Gasteiger partial charge in [0.25, 0.3) is 0 Å². The van der Waals surface area contributed by atoms with E-state index in [9.17, 15) is 13.2 Å². The molecule has 0 bridgehead atoms. The predicted molar refractivity (Wildman–Crippen MR) is 87.0 cm³/mol. The van der Waals surface area contributed by atoms with Crippen LogP contribution in [0.1, 0.15) is 30.5 Å². The average Bonchev–Trinajstić information content (AvgIpc) is 2.62. The molecule has 1 N–H and O–H groups in total. The van der Waals surface area contributed by atoms with Gasteiger partial charge in [-0.3, -0.25) is 0 Å². The highest BCUT2D eigenvalue weighted by Crippen LogP contribution is 2.31. The molecule has 2 nitrogen and oxygen atoms in total. The normalized spacial score (nSPS) is 15.4. The first kappa shape index (κ1) is 12.7. The summed E-state index contributed by atoms with van der Waals surface area (Å²) in [5, 5.41) is 2.88. The molecular formula is C17H19ClF3NO. The van der Waals surface area contributed by atoms with Crippen molar-refractivity contribution in [1.29, 1.82) is 0 Å². The summed E-state index contributed by atoms with van der Waals surface area (Å²) >= 11 is 0. The minimum atomic E-state index is -4.48. The van der Waals surface area contributed by atoms with E-state index < -0.39 is 48.1 Å². The zero-order valence-corrected chi connectivity index (χ0v) is 13.1. The van der Waals surface area contributed by atoms with E-state index in [0.717, 1.165) is 24.3 Å². The van der Waals surface area contributed by atoms with Gasteiger partial charge < -0.3 is 10.1 Å². The number of nitrogens with one attached hydrogen (secondary N) is 1. The number of hydrogen-bond acceptors (Lipinski definition) is 2. The number of benzene rings is 2. The van der Waals surface area contributed by atoms with E-state index in [0.29, 0.717) is 6.54 Å². The highest BCUT2D eigenvalue weighted by atomic mass is 35.5. The molecule has 0 amide bonds. The third kappa shape index (κ3) is 5.77. The first-order chi connectivity index (χ1) is 12.6. The Labute approximate surface area is 147 Å². The predicted octanol–water partition coefficient (Wildman–Crippen LogP) is 4.86. The number of ether oxygens (including phenoxy) is 1.